The van der Waals surface area contributed by atoms with Gasteiger partial charge >= 0.3 is 17.6 Å². The first-order valence-electron chi connectivity index (χ1n) is 18.5. The first kappa shape index (κ1) is 44.9. The van der Waals surface area contributed by atoms with E-state index in [0.717, 1.165) is 36.8 Å². The molecule has 0 spiro atoms. The van der Waals surface area contributed by atoms with Crippen molar-refractivity contribution in [3.05, 3.63) is 0 Å². The van der Waals surface area contributed by atoms with Crippen LogP contribution in [0.25, 0.3) is 0 Å². The minimum absolute atomic E-state index is 0.662. The van der Waals surface area contributed by atoms with Crippen LogP contribution >= 0.6 is 21.6 Å². The first-order valence-corrected chi connectivity index (χ1v) is 24.9. The van der Waals surface area contributed by atoms with Crippen LogP contribution in [0.3, 0.4) is 0 Å². The second-order valence-electron chi connectivity index (χ2n) is 11.7. The largest absolute Gasteiger partial charge is 0.500 e. The van der Waals surface area contributed by atoms with Gasteiger partial charge in [-0.15, -0.1) is 0 Å². The smallest absolute Gasteiger partial charge is 0.374 e. The number of rotatable bonds is 35. The van der Waals surface area contributed by atoms with Gasteiger partial charge in [0.25, 0.3) is 0 Å². The summed E-state index contributed by atoms with van der Waals surface area (Å²) in [5.41, 5.74) is 0. The molecule has 0 N–H and O–H groups in total. The molecule has 0 saturated carbocycles. The normalized spacial score (nSPS) is 13.9. The van der Waals surface area contributed by atoms with Gasteiger partial charge in [0.2, 0.25) is 0 Å². The van der Waals surface area contributed by atoms with E-state index in [1.54, 1.807) is 0 Å². The highest BCUT2D eigenvalue weighted by atomic mass is 33.1. The molecular formula is C34H74O6S2Si2. The summed E-state index contributed by atoms with van der Waals surface area (Å²) in [5.74, 6) is 4.08. The number of unbranched alkanes of at least 4 members (excludes halogenated alkanes) is 4. The highest BCUT2D eigenvalue weighted by molar-refractivity contribution is 8.76. The van der Waals surface area contributed by atoms with Crippen LogP contribution in [0, 0.1) is 11.8 Å². The van der Waals surface area contributed by atoms with E-state index in [-0.39, 0.29) is 0 Å². The summed E-state index contributed by atoms with van der Waals surface area (Å²) in [4.78, 5) is 0. The van der Waals surface area contributed by atoms with Gasteiger partial charge in [-0.3, -0.25) is 0 Å². The lowest BCUT2D eigenvalue weighted by molar-refractivity contribution is 0.0695. The summed E-state index contributed by atoms with van der Waals surface area (Å²) in [6.45, 7) is 20.9. The molecule has 0 aliphatic carbocycles. The average molecular weight is 699 g/mol. The van der Waals surface area contributed by atoms with Crippen LogP contribution in [0.4, 0.5) is 0 Å². The van der Waals surface area contributed by atoms with Crippen molar-refractivity contribution in [2.45, 2.75) is 157 Å². The summed E-state index contributed by atoms with van der Waals surface area (Å²) < 4.78 is 36.7. The van der Waals surface area contributed by atoms with E-state index in [0.29, 0.717) is 39.6 Å². The van der Waals surface area contributed by atoms with Crippen LogP contribution in [0.1, 0.15) is 145 Å². The van der Waals surface area contributed by atoms with Gasteiger partial charge in [0.15, 0.2) is 0 Å². The Bertz CT molecular complexity index is 524. The fraction of sp³-hybridized carbons (Fsp3) is 1.00. The van der Waals surface area contributed by atoms with Gasteiger partial charge in [-0.05, 0) is 79.1 Å². The Balaban J connectivity index is 4.77. The highest BCUT2D eigenvalue weighted by Gasteiger charge is 2.40. The molecule has 0 saturated heterocycles. The Morgan fingerprint density at radius 3 is 0.955 bits per heavy atom. The van der Waals surface area contributed by atoms with Gasteiger partial charge in [-0.2, -0.15) is 0 Å². The lowest BCUT2D eigenvalue weighted by atomic mass is 9.94. The van der Waals surface area contributed by atoms with E-state index in [9.17, 15) is 0 Å². The molecule has 0 amide bonds. The highest BCUT2D eigenvalue weighted by Crippen LogP contribution is 2.32. The van der Waals surface area contributed by atoms with Crippen molar-refractivity contribution in [1.29, 1.82) is 0 Å². The fourth-order valence-electron chi connectivity index (χ4n) is 6.00. The van der Waals surface area contributed by atoms with Crippen LogP contribution in [-0.2, 0) is 26.6 Å². The summed E-state index contributed by atoms with van der Waals surface area (Å²) in [6, 6.07) is 1.88. The molecule has 44 heavy (non-hydrogen) atoms. The maximum atomic E-state index is 6.11. The van der Waals surface area contributed by atoms with Crippen molar-refractivity contribution in [2.24, 2.45) is 11.8 Å². The van der Waals surface area contributed by atoms with Gasteiger partial charge in [-0.1, -0.05) is 99.6 Å². The number of hydrogen-bond donors (Lipinski definition) is 0. The maximum Gasteiger partial charge on any atom is 0.500 e. The van der Waals surface area contributed by atoms with Gasteiger partial charge in [0.05, 0.1) is 0 Å². The summed E-state index contributed by atoms with van der Waals surface area (Å²) in [5, 5.41) is 0. The molecule has 0 aromatic rings. The number of hydrogen-bond acceptors (Lipinski definition) is 8. The van der Waals surface area contributed by atoms with E-state index < -0.39 is 17.6 Å². The molecule has 0 aromatic heterocycles. The van der Waals surface area contributed by atoms with Crippen molar-refractivity contribution in [2.75, 3.05) is 51.1 Å². The van der Waals surface area contributed by atoms with Crippen molar-refractivity contribution in [3.8, 4) is 0 Å². The van der Waals surface area contributed by atoms with Crippen molar-refractivity contribution >= 4 is 39.2 Å². The third-order valence-corrected chi connectivity index (χ3v) is 16.9. The van der Waals surface area contributed by atoms with Crippen LogP contribution in [-0.4, -0.2) is 68.8 Å². The Morgan fingerprint density at radius 2 is 0.682 bits per heavy atom. The molecule has 0 rings (SSSR count). The SMILES string of the molecule is CCCCCC(CCC[Si](OCC)(OCC)OCC)CCSSCCC(CCCCC)CCC[Si](OCC)(OCC)OCC. The molecule has 0 aromatic carbocycles. The monoisotopic (exact) mass is 698 g/mol. The lowest BCUT2D eigenvalue weighted by Crippen LogP contribution is -2.46. The Morgan fingerprint density at radius 1 is 0.386 bits per heavy atom. The Hall–Kier alpha value is 0.894. The molecule has 0 aliphatic rings. The topological polar surface area (TPSA) is 55.4 Å². The van der Waals surface area contributed by atoms with Gasteiger partial charge < -0.3 is 26.6 Å². The summed E-state index contributed by atoms with van der Waals surface area (Å²) in [7, 11) is -0.867. The average Bonchev–Trinajstić information content (AvgIpc) is 2.99. The predicted octanol–water partition coefficient (Wildman–Crippen LogP) is 11.2. The van der Waals surface area contributed by atoms with Crippen molar-refractivity contribution < 1.29 is 26.6 Å². The van der Waals surface area contributed by atoms with Gasteiger partial charge in [0, 0.05) is 63.2 Å². The molecule has 10 heteroatoms. The maximum absolute atomic E-state index is 6.11. The van der Waals surface area contributed by atoms with Crippen molar-refractivity contribution in [1.82, 2.24) is 0 Å². The molecule has 2 atom stereocenters. The second kappa shape index (κ2) is 31.2. The second-order valence-corrected chi connectivity index (χ2v) is 19.9. The Kier molecular flexibility index (Phi) is 31.8. The standard InChI is InChI=1S/C34H74O6S2Si2/c1-9-17-19-23-33(25-21-31-43(35-11-3,36-12-4)37-13-5)27-29-41-42-30-28-34(24-20-18-10-2)26-22-32-44(38-14-6,39-15-7)40-16-8/h33-34H,9-32H2,1-8H3. The van der Waals surface area contributed by atoms with E-state index in [1.807, 2.05) is 0 Å². The zero-order chi connectivity index (χ0) is 32.8. The Labute approximate surface area is 285 Å². The first-order chi connectivity index (χ1) is 21.4. The quantitative estimate of drug-likeness (QED) is 0.0368. The van der Waals surface area contributed by atoms with Crippen LogP contribution < -0.4 is 0 Å². The lowest BCUT2D eigenvalue weighted by Gasteiger charge is -2.29. The zero-order valence-corrected chi connectivity index (χ0v) is 34.0. The third-order valence-electron chi connectivity index (χ3n) is 8.11. The van der Waals surface area contributed by atoms with Crippen LogP contribution in [0.5, 0.6) is 0 Å². The van der Waals surface area contributed by atoms with E-state index in [2.05, 4.69) is 77.0 Å². The zero-order valence-electron chi connectivity index (χ0n) is 30.4. The molecule has 2 unspecified atom stereocenters. The molecule has 6 nitrogen and oxygen atoms in total. The minimum Gasteiger partial charge on any atom is -0.374 e. The molecule has 0 fully saturated rings. The fourth-order valence-corrected chi connectivity index (χ4v) is 13.7. The van der Waals surface area contributed by atoms with Gasteiger partial charge in [0.1, 0.15) is 0 Å². The third kappa shape index (κ3) is 22.5. The van der Waals surface area contributed by atoms with E-state index in [1.165, 1.54) is 88.6 Å². The molecule has 0 aliphatic heterocycles. The summed E-state index contributed by atoms with van der Waals surface area (Å²) in [6.07, 6.45) is 18.1. The molecule has 0 bridgehead atoms. The van der Waals surface area contributed by atoms with Gasteiger partial charge in [-0.25, -0.2) is 0 Å². The molecule has 0 radical (unpaired) electrons. The van der Waals surface area contributed by atoms with Crippen LogP contribution in [0.2, 0.25) is 12.1 Å². The van der Waals surface area contributed by atoms with Crippen molar-refractivity contribution in [3.63, 3.8) is 0 Å². The minimum atomic E-state index is -2.53. The molecule has 266 valence electrons. The van der Waals surface area contributed by atoms with Crippen LogP contribution in [0.15, 0.2) is 0 Å². The molecular weight excluding hydrogens is 625 g/mol. The predicted molar refractivity (Wildman–Crippen MR) is 199 cm³/mol. The van der Waals surface area contributed by atoms with E-state index >= 15 is 0 Å². The molecule has 0 heterocycles. The summed E-state index contributed by atoms with van der Waals surface area (Å²) >= 11 is 0. The van der Waals surface area contributed by atoms with E-state index in [4.69, 9.17) is 26.6 Å².